The lowest BCUT2D eigenvalue weighted by atomic mass is 10.1. The Labute approximate surface area is 96.0 Å². The zero-order valence-electron chi connectivity index (χ0n) is 9.26. The van der Waals surface area contributed by atoms with E-state index in [4.69, 9.17) is 17.3 Å². The number of rotatable bonds is 2. The first-order valence-corrected chi connectivity index (χ1v) is 5.60. The van der Waals surface area contributed by atoms with Crippen molar-refractivity contribution in [2.45, 2.75) is 32.5 Å². The highest BCUT2D eigenvalue weighted by molar-refractivity contribution is 6.30. The molecule has 0 aromatic heterocycles. The number of fused-ring (bicyclic) bond motifs is 1. The number of benzene rings is 1. The molecule has 1 aliphatic heterocycles. The summed E-state index contributed by atoms with van der Waals surface area (Å²) >= 11 is 5.96. The molecular weight excluding hydrogens is 208 g/mol. The Morgan fingerprint density at radius 2 is 2.00 bits per heavy atom. The first-order valence-electron chi connectivity index (χ1n) is 5.23. The van der Waals surface area contributed by atoms with Gasteiger partial charge in [0.25, 0.3) is 0 Å². The molecule has 0 atom stereocenters. The summed E-state index contributed by atoms with van der Waals surface area (Å²) in [4.78, 5) is 2.36. The zero-order chi connectivity index (χ0) is 11.1. The Bertz CT molecular complexity index is 368. The fourth-order valence-corrected chi connectivity index (χ4v) is 2.32. The van der Waals surface area contributed by atoms with Crippen molar-refractivity contribution in [3.8, 4) is 0 Å². The molecule has 1 heterocycles. The SMILES string of the molecule is CC(C)(N)CN1Cc2ccc(Cl)cc2C1. The average Bonchev–Trinajstić information content (AvgIpc) is 2.42. The van der Waals surface area contributed by atoms with Crippen molar-refractivity contribution in [3.63, 3.8) is 0 Å². The van der Waals surface area contributed by atoms with Gasteiger partial charge in [-0.1, -0.05) is 17.7 Å². The summed E-state index contributed by atoms with van der Waals surface area (Å²) in [5.74, 6) is 0. The molecule has 0 amide bonds. The largest absolute Gasteiger partial charge is 0.324 e. The highest BCUT2D eigenvalue weighted by atomic mass is 35.5. The van der Waals surface area contributed by atoms with Gasteiger partial charge in [-0.15, -0.1) is 0 Å². The van der Waals surface area contributed by atoms with Crippen LogP contribution in [-0.2, 0) is 13.1 Å². The highest BCUT2D eigenvalue weighted by Crippen LogP contribution is 2.26. The number of hydrogen-bond donors (Lipinski definition) is 1. The van der Waals surface area contributed by atoms with Gasteiger partial charge in [0.2, 0.25) is 0 Å². The summed E-state index contributed by atoms with van der Waals surface area (Å²) in [6.07, 6.45) is 0. The molecule has 0 saturated heterocycles. The van der Waals surface area contributed by atoms with Gasteiger partial charge >= 0.3 is 0 Å². The molecule has 2 rings (SSSR count). The maximum Gasteiger partial charge on any atom is 0.0409 e. The Balaban J connectivity index is 2.09. The number of nitrogens with zero attached hydrogens (tertiary/aromatic N) is 1. The number of nitrogens with two attached hydrogens (primary N) is 1. The van der Waals surface area contributed by atoms with Crippen LogP contribution in [0.3, 0.4) is 0 Å². The number of halogens is 1. The normalized spacial score (nSPS) is 16.8. The first kappa shape index (κ1) is 10.9. The summed E-state index contributed by atoms with van der Waals surface area (Å²) in [5.41, 5.74) is 8.60. The molecule has 3 heteroatoms. The fraction of sp³-hybridized carbons (Fsp3) is 0.500. The molecule has 2 nitrogen and oxygen atoms in total. The maximum absolute atomic E-state index is 6.01. The van der Waals surface area contributed by atoms with Crippen LogP contribution in [0, 0.1) is 0 Å². The van der Waals surface area contributed by atoms with E-state index in [1.807, 2.05) is 6.07 Å². The molecule has 0 fully saturated rings. The van der Waals surface area contributed by atoms with Crippen LogP contribution in [0.5, 0.6) is 0 Å². The van der Waals surface area contributed by atoms with E-state index in [2.05, 4.69) is 30.9 Å². The van der Waals surface area contributed by atoms with Crippen LogP contribution in [-0.4, -0.2) is 17.0 Å². The summed E-state index contributed by atoms with van der Waals surface area (Å²) in [6, 6.07) is 6.12. The van der Waals surface area contributed by atoms with Crippen LogP contribution in [0.4, 0.5) is 0 Å². The van der Waals surface area contributed by atoms with Crippen molar-refractivity contribution >= 4 is 11.6 Å². The minimum atomic E-state index is -0.133. The van der Waals surface area contributed by atoms with Crippen LogP contribution >= 0.6 is 11.6 Å². The van der Waals surface area contributed by atoms with Crippen molar-refractivity contribution in [3.05, 3.63) is 34.3 Å². The van der Waals surface area contributed by atoms with Gasteiger partial charge in [-0.2, -0.15) is 0 Å². The predicted octanol–water partition coefficient (Wildman–Crippen LogP) is 2.39. The molecule has 15 heavy (non-hydrogen) atoms. The van der Waals surface area contributed by atoms with Gasteiger partial charge in [-0.25, -0.2) is 0 Å². The lowest BCUT2D eigenvalue weighted by molar-refractivity contribution is 0.230. The van der Waals surface area contributed by atoms with E-state index >= 15 is 0 Å². The lowest BCUT2D eigenvalue weighted by Gasteiger charge is -2.25. The third-order valence-corrected chi connectivity index (χ3v) is 2.82. The Morgan fingerprint density at radius 3 is 2.67 bits per heavy atom. The van der Waals surface area contributed by atoms with Crippen molar-refractivity contribution in [2.24, 2.45) is 5.73 Å². The van der Waals surface area contributed by atoms with Crippen molar-refractivity contribution in [1.82, 2.24) is 4.90 Å². The minimum absolute atomic E-state index is 0.133. The van der Waals surface area contributed by atoms with E-state index in [1.165, 1.54) is 11.1 Å². The van der Waals surface area contributed by atoms with Gasteiger partial charge in [0.05, 0.1) is 0 Å². The van der Waals surface area contributed by atoms with Crippen LogP contribution in [0.15, 0.2) is 18.2 Å². The van der Waals surface area contributed by atoms with Gasteiger partial charge in [0, 0.05) is 30.2 Å². The predicted molar refractivity (Wildman–Crippen MR) is 63.8 cm³/mol. The first-order chi connectivity index (χ1) is 6.94. The monoisotopic (exact) mass is 224 g/mol. The molecule has 0 radical (unpaired) electrons. The molecular formula is C12H17ClN2. The van der Waals surface area contributed by atoms with E-state index in [0.29, 0.717) is 0 Å². The Hall–Kier alpha value is -0.570. The molecule has 1 aromatic carbocycles. The zero-order valence-corrected chi connectivity index (χ0v) is 10.0. The van der Waals surface area contributed by atoms with E-state index in [-0.39, 0.29) is 5.54 Å². The summed E-state index contributed by atoms with van der Waals surface area (Å²) in [5, 5.41) is 0.822. The summed E-state index contributed by atoms with van der Waals surface area (Å²) in [6.45, 7) is 6.99. The van der Waals surface area contributed by atoms with Crippen molar-refractivity contribution in [1.29, 1.82) is 0 Å². The average molecular weight is 225 g/mol. The topological polar surface area (TPSA) is 29.3 Å². The molecule has 0 bridgehead atoms. The van der Waals surface area contributed by atoms with E-state index in [0.717, 1.165) is 24.7 Å². The van der Waals surface area contributed by atoms with E-state index in [1.54, 1.807) is 0 Å². The Kier molecular flexibility index (Phi) is 2.75. The van der Waals surface area contributed by atoms with Crippen LogP contribution in [0.25, 0.3) is 0 Å². The molecule has 1 aromatic rings. The molecule has 0 spiro atoms. The fourth-order valence-electron chi connectivity index (χ4n) is 2.12. The van der Waals surface area contributed by atoms with Crippen LogP contribution in [0.1, 0.15) is 25.0 Å². The van der Waals surface area contributed by atoms with Gasteiger partial charge in [-0.3, -0.25) is 4.90 Å². The van der Waals surface area contributed by atoms with Gasteiger partial charge in [0.15, 0.2) is 0 Å². The summed E-state index contributed by atoms with van der Waals surface area (Å²) in [7, 11) is 0. The molecule has 0 unspecified atom stereocenters. The molecule has 0 aliphatic carbocycles. The number of hydrogen-bond acceptors (Lipinski definition) is 2. The van der Waals surface area contributed by atoms with Gasteiger partial charge < -0.3 is 5.73 Å². The standard InChI is InChI=1S/C12H17ClN2/c1-12(2,14)8-15-6-9-3-4-11(13)5-10(9)7-15/h3-5H,6-8,14H2,1-2H3. The molecule has 0 saturated carbocycles. The highest BCUT2D eigenvalue weighted by Gasteiger charge is 2.23. The molecule has 2 N–H and O–H groups in total. The third-order valence-electron chi connectivity index (χ3n) is 2.59. The maximum atomic E-state index is 6.01. The van der Waals surface area contributed by atoms with Crippen LogP contribution < -0.4 is 5.73 Å². The van der Waals surface area contributed by atoms with Crippen molar-refractivity contribution < 1.29 is 0 Å². The second-order valence-corrected chi connectivity index (χ2v) is 5.48. The minimum Gasteiger partial charge on any atom is -0.324 e. The smallest absolute Gasteiger partial charge is 0.0409 e. The second kappa shape index (κ2) is 3.78. The summed E-state index contributed by atoms with van der Waals surface area (Å²) < 4.78 is 0. The molecule has 1 aliphatic rings. The lowest BCUT2D eigenvalue weighted by Crippen LogP contribution is -2.43. The van der Waals surface area contributed by atoms with Crippen molar-refractivity contribution in [2.75, 3.05) is 6.54 Å². The third kappa shape index (κ3) is 2.71. The van der Waals surface area contributed by atoms with E-state index < -0.39 is 0 Å². The quantitative estimate of drug-likeness (QED) is 0.836. The second-order valence-electron chi connectivity index (χ2n) is 5.05. The van der Waals surface area contributed by atoms with Crippen LogP contribution in [0.2, 0.25) is 5.02 Å². The van der Waals surface area contributed by atoms with Gasteiger partial charge in [0.1, 0.15) is 0 Å². The van der Waals surface area contributed by atoms with E-state index in [9.17, 15) is 0 Å². The van der Waals surface area contributed by atoms with Gasteiger partial charge in [-0.05, 0) is 37.1 Å². The molecule has 82 valence electrons. The Morgan fingerprint density at radius 1 is 1.33 bits per heavy atom.